The molecular weight excluding hydrogens is 362 g/mol. The van der Waals surface area contributed by atoms with E-state index in [-0.39, 0.29) is 17.2 Å². The van der Waals surface area contributed by atoms with Gasteiger partial charge < -0.3 is 14.6 Å². The van der Waals surface area contributed by atoms with Crippen LogP contribution in [0.4, 0.5) is 0 Å². The van der Waals surface area contributed by atoms with E-state index < -0.39 is 15.6 Å². The second-order valence-corrected chi connectivity index (χ2v) is 7.61. The minimum absolute atomic E-state index is 0.0371. The summed E-state index contributed by atoms with van der Waals surface area (Å²) < 4.78 is 38.1. The molecule has 0 aliphatic carbocycles. The van der Waals surface area contributed by atoms with Gasteiger partial charge in [-0.05, 0) is 18.2 Å². The van der Waals surface area contributed by atoms with Crippen LogP contribution in [0.2, 0.25) is 0 Å². The largest absolute Gasteiger partial charge is 0.495 e. The van der Waals surface area contributed by atoms with Crippen molar-refractivity contribution in [3.05, 3.63) is 22.7 Å². The zero-order valence-electron chi connectivity index (χ0n) is 11.6. The van der Waals surface area contributed by atoms with Gasteiger partial charge in [-0.3, -0.25) is 0 Å². The zero-order valence-corrected chi connectivity index (χ0v) is 14.0. The molecule has 2 N–H and O–H groups in total. The highest BCUT2D eigenvalue weighted by atomic mass is 79.9. The van der Waals surface area contributed by atoms with Gasteiger partial charge in [0.2, 0.25) is 10.0 Å². The average molecular weight is 380 g/mol. The number of benzene rings is 1. The highest BCUT2D eigenvalue weighted by Gasteiger charge is 2.32. The Morgan fingerprint density at radius 1 is 1.43 bits per heavy atom. The van der Waals surface area contributed by atoms with E-state index in [1.54, 1.807) is 12.1 Å². The smallest absolute Gasteiger partial charge is 0.244 e. The maximum atomic E-state index is 12.4. The second kappa shape index (κ2) is 6.62. The first-order valence-electron chi connectivity index (χ1n) is 6.50. The van der Waals surface area contributed by atoms with Crippen LogP contribution < -0.4 is 9.46 Å². The first-order chi connectivity index (χ1) is 9.86. The monoisotopic (exact) mass is 379 g/mol. The maximum Gasteiger partial charge on any atom is 0.244 e. The molecule has 1 aliphatic rings. The molecule has 1 heterocycles. The van der Waals surface area contributed by atoms with Gasteiger partial charge in [0.05, 0.1) is 12.7 Å². The van der Waals surface area contributed by atoms with E-state index in [1.807, 2.05) is 0 Å². The first-order valence-corrected chi connectivity index (χ1v) is 8.77. The maximum absolute atomic E-state index is 12.4. The van der Waals surface area contributed by atoms with Crippen LogP contribution in [-0.2, 0) is 14.8 Å². The van der Waals surface area contributed by atoms with E-state index in [0.29, 0.717) is 30.5 Å². The Bertz CT molecular complexity index is 599. The van der Waals surface area contributed by atoms with Gasteiger partial charge >= 0.3 is 0 Å². The summed E-state index contributed by atoms with van der Waals surface area (Å²) >= 11 is 3.24. The summed E-state index contributed by atoms with van der Waals surface area (Å²) in [5.74, 6) is 0.254. The molecule has 1 saturated heterocycles. The molecule has 0 saturated carbocycles. The number of hydrogen-bond acceptors (Lipinski definition) is 5. The fourth-order valence-corrected chi connectivity index (χ4v) is 3.92. The molecule has 118 valence electrons. The van der Waals surface area contributed by atoms with Crippen LogP contribution >= 0.6 is 15.9 Å². The van der Waals surface area contributed by atoms with Crippen LogP contribution in [0.1, 0.15) is 12.8 Å². The van der Waals surface area contributed by atoms with E-state index in [0.717, 1.165) is 0 Å². The van der Waals surface area contributed by atoms with Gasteiger partial charge in [0, 0.05) is 37.1 Å². The van der Waals surface area contributed by atoms with Gasteiger partial charge in [-0.1, -0.05) is 15.9 Å². The van der Waals surface area contributed by atoms with Gasteiger partial charge in [0.1, 0.15) is 10.6 Å². The molecule has 1 aromatic rings. The fraction of sp³-hybridized carbons (Fsp3) is 0.538. The molecular formula is C13H18BrNO5S. The molecule has 21 heavy (non-hydrogen) atoms. The van der Waals surface area contributed by atoms with E-state index in [4.69, 9.17) is 9.47 Å². The number of aliphatic hydroxyl groups is 1. The molecule has 6 nitrogen and oxygen atoms in total. The normalized spacial score (nSPS) is 18.4. The third kappa shape index (κ3) is 4.17. The summed E-state index contributed by atoms with van der Waals surface area (Å²) in [6, 6.07) is 4.74. The van der Waals surface area contributed by atoms with Crippen LogP contribution in [0.15, 0.2) is 27.6 Å². The summed E-state index contributed by atoms with van der Waals surface area (Å²) in [7, 11) is -2.36. The van der Waals surface area contributed by atoms with Gasteiger partial charge in [0.15, 0.2) is 0 Å². The van der Waals surface area contributed by atoms with Gasteiger partial charge in [-0.2, -0.15) is 0 Å². The molecule has 0 spiro atoms. The van der Waals surface area contributed by atoms with Crippen molar-refractivity contribution in [3.63, 3.8) is 0 Å². The molecule has 0 radical (unpaired) electrons. The summed E-state index contributed by atoms with van der Waals surface area (Å²) in [4.78, 5) is 0.0371. The Balaban J connectivity index is 2.17. The fourth-order valence-electron chi connectivity index (χ4n) is 2.10. The van der Waals surface area contributed by atoms with Crippen LogP contribution in [-0.4, -0.2) is 46.0 Å². The van der Waals surface area contributed by atoms with Crippen molar-refractivity contribution >= 4 is 26.0 Å². The Labute approximate surface area is 132 Å². The number of nitrogens with one attached hydrogen (secondary N) is 1. The number of hydrogen-bond donors (Lipinski definition) is 2. The van der Waals surface area contributed by atoms with Crippen molar-refractivity contribution in [3.8, 4) is 5.75 Å². The first kappa shape index (κ1) is 16.7. The van der Waals surface area contributed by atoms with Crippen LogP contribution in [0.25, 0.3) is 0 Å². The number of ether oxygens (including phenoxy) is 2. The lowest BCUT2D eigenvalue weighted by Crippen LogP contribution is -2.46. The molecule has 1 aromatic carbocycles. The quantitative estimate of drug-likeness (QED) is 0.804. The summed E-state index contributed by atoms with van der Waals surface area (Å²) in [5, 5.41) is 10.3. The number of sulfonamides is 1. The van der Waals surface area contributed by atoms with Gasteiger partial charge in [-0.15, -0.1) is 0 Å². The third-order valence-corrected chi connectivity index (χ3v) is 5.35. The lowest BCUT2D eigenvalue weighted by atomic mass is 9.95. The Kier molecular flexibility index (Phi) is 5.26. The predicted octanol–water partition coefficient (Wildman–Crippen LogP) is 1.28. The van der Waals surface area contributed by atoms with Crippen molar-refractivity contribution < 1.29 is 23.0 Å². The van der Waals surface area contributed by atoms with Crippen LogP contribution in [0.3, 0.4) is 0 Å². The SMILES string of the molecule is COc1ccc(Br)cc1S(=O)(=O)NCC1(O)CCOCC1. The molecule has 8 heteroatoms. The van der Waals surface area contributed by atoms with Crippen molar-refractivity contribution in [1.82, 2.24) is 4.72 Å². The minimum Gasteiger partial charge on any atom is -0.495 e. The summed E-state index contributed by atoms with van der Waals surface area (Å²) in [6.07, 6.45) is 0.816. The second-order valence-electron chi connectivity index (χ2n) is 4.96. The van der Waals surface area contributed by atoms with Crippen molar-refractivity contribution in [2.24, 2.45) is 0 Å². The van der Waals surface area contributed by atoms with Crippen molar-refractivity contribution in [1.29, 1.82) is 0 Å². The van der Waals surface area contributed by atoms with Gasteiger partial charge in [-0.25, -0.2) is 13.1 Å². The molecule has 0 aromatic heterocycles. The van der Waals surface area contributed by atoms with Gasteiger partial charge in [0.25, 0.3) is 0 Å². The lowest BCUT2D eigenvalue weighted by molar-refractivity contribution is -0.0588. The summed E-state index contributed by atoms with van der Waals surface area (Å²) in [5.41, 5.74) is -1.06. The molecule has 2 rings (SSSR count). The highest BCUT2D eigenvalue weighted by molar-refractivity contribution is 9.10. The van der Waals surface area contributed by atoms with E-state index >= 15 is 0 Å². The Morgan fingerprint density at radius 2 is 2.10 bits per heavy atom. The Morgan fingerprint density at radius 3 is 2.71 bits per heavy atom. The summed E-state index contributed by atoms with van der Waals surface area (Å²) in [6.45, 7) is 0.811. The van der Waals surface area contributed by atoms with E-state index in [2.05, 4.69) is 20.7 Å². The molecule has 0 unspecified atom stereocenters. The standard InChI is InChI=1S/C13H18BrNO5S/c1-19-11-3-2-10(14)8-12(11)21(17,18)15-9-13(16)4-6-20-7-5-13/h2-3,8,15-16H,4-7,9H2,1H3. The van der Waals surface area contributed by atoms with Crippen molar-refractivity contribution in [2.75, 3.05) is 26.9 Å². The van der Waals surface area contributed by atoms with E-state index in [1.165, 1.54) is 13.2 Å². The zero-order chi connectivity index (χ0) is 15.5. The minimum atomic E-state index is -3.77. The molecule has 0 bridgehead atoms. The Hall–Kier alpha value is -0.670. The highest BCUT2D eigenvalue weighted by Crippen LogP contribution is 2.28. The van der Waals surface area contributed by atoms with Crippen LogP contribution in [0, 0.1) is 0 Å². The predicted molar refractivity (Wildman–Crippen MR) is 80.9 cm³/mol. The molecule has 0 atom stereocenters. The molecule has 1 fully saturated rings. The average Bonchev–Trinajstić information content (AvgIpc) is 2.46. The number of rotatable bonds is 5. The van der Waals surface area contributed by atoms with Crippen LogP contribution in [0.5, 0.6) is 5.75 Å². The molecule has 0 amide bonds. The lowest BCUT2D eigenvalue weighted by Gasteiger charge is -2.32. The van der Waals surface area contributed by atoms with E-state index in [9.17, 15) is 13.5 Å². The third-order valence-electron chi connectivity index (χ3n) is 3.43. The topological polar surface area (TPSA) is 84.9 Å². The molecule has 1 aliphatic heterocycles. The number of halogens is 1. The number of methoxy groups -OCH3 is 1. The van der Waals surface area contributed by atoms with Crippen molar-refractivity contribution in [2.45, 2.75) is 23.3 Å².